The van der Waals surface area contributed by atoms with Gasteiger partial charge in [-0.25, -0.2) is 0 Å². The van der Waals surface area contributed by atoms with Crippen LogP contribution in [0.15, 0.2) is 6.07 Å². The molecule has 3 N–H and O–H groups in total. The molecule has 0 amide bonds. The molecule has 0 radical (unpaired) electrons. The van der Waals surface area contributed by atoms with Crippen LogP contribution >= 0.6 is 0 Å². The minimum atomic E-state index is -0.321. The largest absolute Gasteiger partial charge is 0.507 e. The normalized spacial score (nSPS) is 34.7. The van der Waals surface area contributed by atoms with Crippen LogP contribution in [0.25, 0.3) is 0 Å². The van der Waals surface area contributed by atoms with Gasteiger partial charge in [0, 0.05) is 22.6 Å². The van der Waals surface area contributed by atoms with Crippen LogP contribution < -0.4 is 0 Å². The Morgan fingerprint density at radius 3 is 1.92 bits per heavy atom. The van der Waals surface area contributed by atoms with Crippen molar-refractivity contribution in [1.29, 1.82) is 0 Å². The van der Waals surface area contributed by atoms with Crippen LogP contribution in [0.5, 0.6) is 17.2 Å². The van der Waals surface area contributed by atoms with Crippen molar-refractivity contribution in [3.05, 3.63) is 17.2 Å². The second kappa shape index (κ2) is 5.06. The Bertz CT molecular complexity index is 639. The number of phenolic OH excluding ortho intramolecular Hbond substituents is 3. The summed E-state index contributed by atoms with van der Waals surface area (Å²) in [5.41, 5.74) is 0.929. The highest BCUT2D eigenvalue weighted by atomic mass is 16.3. The minimum Gasteiger partial charge on any atom is -0.507 e. The van der Waals surface area contributed by atoms with E-state index in [0.29, 0.717) is 5.56 Å². The van der Waals surface area contributed by atoms with Crippen LogP contribution in [0, 0.1) is 17.8 Å². The van der Waals surface area contributed by atoms with E-state index in [4.69, 9.17) is 0 Å². The SMILES string of the molecule is CCC(C)(C)c1c(O)cc(O)c(C23CC4CC(CC(C4)C2)C3)c1O. The fraction of sp³-hybridized carbons (Fsp3) is 0.714. The molecule has 132 valence electrons. The van der Waals surface area contributed by atoms with Crippen LogP contribution in [0.3, 0.4) is 0 Å². The predicted molar refractivity (Wildman–Crippen MR) is 94.6 cm³/mol. The van der Waals surface area contributed by atoms with Crippen LogP contribution in [0.1, 0.15) is 76.8 Å². The predicted octanol–water partition coefficient (Wildman–Crippen LogP) is 4.96. The fourth-order valence-corrected chi connectivity index (χ4v) is 6.43. The van der Waals surface area contributed by atoms with Crippen LogP contribution in [-0.4, -0.2) is 15.3 Å². The first-order chi connectivity index (χ1) is 11.3. The Morgan fingerprint density at radius 1 is 0.958 bits per heavy atom. The Balaban J connectivity index is 1.88. The molecule has 0 atom stereocenters. The number of hydrogen-bond acceptors (Lipinski definition) is 3. The Hall–Kier alpha value is -1.38. The molecule has 0 aliphatic heterocycles. The zero-order chi connectivity index (χ0) is 17.3. The molecular formula is C21H30O3. The maximum absolute atomic E-state index is 11.2. The van der Waals surface area contributed by atoms with Gasteiger partial charge >= 0.3 is 0 Å². The first kappa shape index (κ1) is 16.1. The highest BCUT2D eigenvalue weighted by Gasteiger charge is 2.54. The average Bonchev–Trinajstić information content (AvgIpc) is 2.44. The molecule has 3 nitrogen and oxygen atoms in total. The monoisotopic (exact) mass is 330 g/mol. The summed E-state index contributed by atoms with van der Waals surface area (Å²) in [6, 6.07) is 1.47. The van der Waals surface area contributed by atoms with Crippen molar-refractivity contribution in [2.75, 3.05) is 0 Å². The van der Waals surface area contributed by atoms with E-state index in [0.717, 1.165) is 49.0 Å². The zero-order valence-electron chi connectivity index (χ0n) is 15.1. The molecule has 24 heavy (non-hydrogen) atoms. The number of aromatic hydroxyl groups is 3. The number of benzene rings is 1. The summed E-state index contributed by atoms with van der Waals surface area (Å²) in [6.45, 7) is 6.15. The zero-order valence-corrected chi connectivity index (χ0v) is 15.1. The number of rotatable bonds is 3. The van der Waals surface area contributed by atoms with Crippen LogP contribution in [-0.2, 0) is 10.8 Å². The Morgan fingerprint density at radius 2 is 1.46 bits per heavy atom. The third kappa shape index (κ3) is 2.16. The lowest BCUT2D eigenvalue weighted by Crippen LogP contribution is -2.48. The average molecular weight is 330 g/mol. The molecule has 4 aliphatic rings. The van der Waals surface area contributed by atoms with Gasteiger partial charge in [-0.2, -0.15) is 0 Å². The molecule has 3 heteroatoms. The summed E-state index contributed by atoms with van der Waals surface area (Å²) in [6.07, 6.45) is 8.04. The van der Waals surface area contributed by atoms with Crippen molar-refractivity contribution in [3.63, 3.8) is 0 Å². The van der Waals surface area contributed by atoms with Crippen molar-refractivity contribution in [2.24, 2.45) is 17.8 Å². The summed E-state index contributed by atoms with van der Waals surface area (Å²) in [5, 5.41) is 32.3. The topological polar surface area (TPSA) is 60.7 Å². The van der Waals surface area contributed by atoms with Gasteiger partial charge in [-0.15, -0.1) is 0 Å². The molecular weight excluding hydrogens is 300 g/mol. The molecule has 0 heterocycles. The van der Waals surface area contributed by atoms with E-state index >= 15 is 0 Å². The molecule has 0 saturated heterocycles. The number of phenols is 3. The van der Waals surface area contributed by atoms with E-state index in [9.17, 15) is 15.3 Å². The van der Waals surface area contributed by atoms with Crippen molar-refractivity contribution >= 4 is 0 Å². The van der Waals surface area contributed by atoms with Gasteiger partial charge in [0.05, 0.1) is 0 Å². The summed E-state index contributed by atoms with van der Waals surface area (Å²) in [5.74, 6) is 2.48. The lowest BCUT2D eigenvalue weighted by molar-refractivity contribution is -0.00724. The number of hydrogen-bond donors (Lipinski definition) is 3. The van der Waals surface area contributed by atoms with Gasteiger partial charge in [0.25, 0.3) is 0 Å². The lowest BCUT2D eigenvalue weighted by Gasteiger charge is -2.57. The van der Waals surface area contributed by atoms with Gasteiger partial charge < -0.3 is 15.3 Å². The maximum Gasteiger partial charge on any atom is 0.130 e. The standard InChI is InChI=1S/C21H30O3/c1-4-20(2,3)17-15(22)8-16(23)18(19(17)24)21-9-12-5-13(10-21)7-14(6-12)11-21/h8,12-14,22-24H,4-7,9-11H2,1-3H3. The van der Waals surface area contributed by atoms with Gasteiger partial charge in [-0.3, -0.25) is 0 Å². The van der Waals surface area contributed by atoms with Crippen LogP contribution in [0.2, 0.25) is 0 Å². The van der Waals surface area contributed by atoms with Crippen molar-refractivity contribution < 1.29 is 15.3 Å². The molecule has 0 unspecified atom stereocenters. The molecule has 5 rings (SSSR count). The van der Waals surface area contributed by atoms with E-state index in [-0.39, 0.29) is 28.1 Å². The third-order valence-electron chi connectivity index (χ3n) is 7.39. The highest BCUT2D eigenvalue weighted by Crippen LogP contribution is 2.64. The molecule has 4 bridgehead atoms. The smallest absolute Gasteiger partial charge is 0.130 e. The molecule has 0 aromatic heterocycles. The first-order valence-corrected chi connectivity index (χ1v) is 9.54. The van der Waals surface area contributed by atoms with Gasteiger partial charge in [0.2, 0.25) is 0 Å². The summed E-state index contributed by atoms with van der Waals surface area (Å²) >= 11 is 0. The van der Waals surface area contributed by atoms with Gasteiger partial charge in [-0.05, 0) is 68.1 Å². The molecule has 1 aromatic carbocycles. The maximum atomic E-state index is 11.2. The van der Waals surface area contributed by atoms with E-state index in [1.165, 1.54) is 25.3 Å². The summed E-state index contributed by atoms with van der Waals surface area (Å²) in [7, 11) is 0. The molecule has 1 aromatic rings. The summed E-state index contributed by atoms with van der Waals surface area (Å²) in [4.78, 5) is 0. The molecule has 4 saturated carbocycles. The first-order valence-electron chi connectivity index (χ1n) is 9.54. The van der Waals surface area contributed by atoms with E-state index in [1.54, 1.807) is 0 Å². The second-order valence-corrected chi connectivity index (χ2v) is 9.45. The Kier molecular flexibility index (Phi) is 3.40. The fourth-order valence-electron chi connectivity index (χ4n) is 6.43. The van der Waals surface area contributed by atoms with Gasteiger partial charge in [0.1, 0.15) is 17.2 Å². The highest BCUT2D eigenvalue weighted by molar-refractivity contribution is 5.61. The van der Waals surface area contributed by atoms with E-state index in [2.05, 4.69) is 6.92 Å². The lowest BCUT2D eigenvalue weighted by atomic mass is 9.47. The van der Waals surface area contributed by atoms with Gasteiger partial charge in [0.15, 0.2) is 0 Å². The molecule has 4 fully saturated rings. The van der Waals surface area contributed by atoms with Crippen molar-refractivity contribution in [3.8, 4) is 17.2 Å². The quantitative estimate of drug-likeness (QED) is 0.734. The minimum absolute atomic E-state index is 0.0188. The van der Waals surface area contributed by atoms with E-state index < -0.39 is 0 Å². The summed E-state index contributed by atoms with van der Waals surface area (Å²) < 4.78 is 0. The molecule has 0 spiro atoms. The van der Waals surface area contributed by atoms with Crippen molar-refractivity contribution in [1.82, 2.24) is 0 Å². The van der Waals surface area contributed by atoms with Crippen LogP contribution in [0.4, 0.5) is 0 Å². The third-order valence-corrected chi connectivity index (χ3v) is 7.39. The van der Waals surface area contributed by atoms with E-state index in [1.807, 2.05) is 13.8 Å². The second-order valence-electron chi connectivity index (χ2n) is 9.45. The molecule has 4 aliphatic carbocycles. The Labute approximate surface area is 144 Å². The van der Waals surface area contributed by atoms with Crippen molar-refractivity contribution in [2.45, 2.75) is 76.5 Å². The van der Waals surface area contributed by atoms with Gasteiger partial charge in [-0.1, -0.05) is 20.8 Å².